The van der Waals surface area contributed by atoms with Crippen molar-refractivity contribution < 1.29 is 9.53 Å². The molecule has 0 radical (unpaired) electrons. The van der Waals surface area contributed by atoms with E-state index < -0.39 is 0 Å². The SMILES string of the molecule is Cc1ccc(C(=O)C(c2ccccc2)N2CCOCC2)cc1. The van der Waals surface area contributed by atoms with Crippen molar-refractivity contribution in [3.05, 3.63) is 71.3 Å². The fourth-order valence-electron chi connectivity index (χ4n) is 2.87. The fraction of sp³-hybridized carbons (Fsp3) is 0.316. The average Bonchev–Trinajstić information content (AvgIpc) is 2.57. The monoisotopic (exact) mass is 295 g/mol. The molecule has 3 nitrogen and oxygen atoms in total. The Bertz CT molecular complexity index is 616. The number of nitrogens with zero attached hydrogens (tertiary/aromatic N) is 1. The van der Waals surface area contributed by atoms with Gasteiger partial charge >= 0.3 is 0 Å². The zero-order valence-electron chi connectivity index (χ0n) is 12.9. The molecule has 1 fully saturated rings. The normalized spacial score (nSPS) is 17.1. The van der Waals surface area contributed by atoms with Gasteiger partial charge in [-0.3, -0.25) is 9.69 Å². The van der Waals surface area contributed by atoms with Gasteiger partial charge < -0.3 is 4.74 Å². The molecule has 0 aliphatic carbocycles. The van der Waals surface area contributed by atoms with Crippen LogP contribution in [0.1, 0.15) is 27.5 Å². The van der Waals surface area contributed by atoms with E-state index in [1.54, 1.807) is 0 Å². The van der Waals surface area contributed by atoms with Crippen molar-refractivity contribution in [1.82, 2.24) is 4.90 Å². The zero-order valence-corrected chi connectivity index (χ0v) is 12.9. The predicted octanol–water partition coefficient (Wildman–Crippen LogP) is 3.25. The number of carbonyl (C=O) groups is 1. The molecular weight excluding hydrogens is 274 g/mol. The molecule has 0 amide bonds. The van der Waals surface area contributed by atoms with Crippen molar-refractivity contribution in [2.24, 2.45) is 0 Å². The van der Waals surface area contributed by atoms with Crippen molar-refractivity contribution in [3.8, 4) is 0 Å². The first-order valence-electron chi connectivity index (χ1n) is 7.73. The number of carbonyl (C=O) groups excluding carboxylic acids is 1. The Labute approximate surface area is 131 Å². The van der Waals surface area contributed by atoms with Gasteiger partial charge in [-0.05, 0) is 12.5 Å². The molecule has 3 heteroatoms. The van der Waals surface area contributed by atoms with Gasteiger partial charge in [0.25, 0.3) is 0 Å². The van der Waals surface area contributed by atoms with E-state index in [9.17, 15) is 4.79 Å². The van der Waals surface area contributed by atoms with Crippen LogP contribution in [0.15, 0.2) is 54.6 Å². The van der Waals surface area contributed by atoms with E-state index in [0.717, 1.165) is 24.2 Å². The third kappa shape index (κ3) is 3.26. The van der Waals surface area contributed by atoms with Crippen LogP contribution in [-0.2, 0) is 4.74 Å². The van der Waals surface area contributed by atoms with Crippen LogP contribution in [0.25, 0.3) is 0 Å². The molecule has 114 valence electrons. The van der Waals surface area contributed by atoms with E-state index in [0.29, 0.717) is 13.2 Å². The number of benzene rings is 2. The van der Waals surface area contributed by atoms with Crippen molar-refractivity contribution >= 4 is 5.78 Å². The van der Waals surface area contributed by atoms with Crippen LogP contribution in [-0.4, -0.2) is 37.0 Å². The summed E-state index contributed by atoms with van der Waals surface area (Å²) in [7, 11) is 0. The Balaban J connectivity index is 1.93. The number of aryl methyl sites for hydroxylation is 1. The maximum Gasteiger partial charge on any atom is 0.184 e. The third-order valence-corrected chi connectivity index (χ3v) is 4.11. The standard InChI is InChI=1S/C19H21NO2/c1-15-7-9-17(10-8-15)19(21)18(16-5-3-2-4-6-16)20-11-13-22-14-12-20/h2-10,18H,11-14H2,1H3. The summed E-state index contributed by atoms with van der Waals surface area (Å²) in [6.45, 7) is 4.98. The largest absolute Gasteiger partial charge is 0.379 e. The van der Waals surface area contributed by atoms with E-state index in [2.05, 4.69) is 4.90 Å². The topological polar surface area (TPSA) is 29.5 Å². The highest BCUT2D eigenvalue weighted by atomic mass is 16.5. The Morgan fingerprint density at radius 3 is 2.27 bits per heavy atom. The minimum Gasteiger partial charge on any atom is -0.379 e. The molecule has 3 rings (SSSR count). The van der Waals surface area contributed by atoms with Crippen LogP contribution >= 0.6 is 0 Å². The van der Waals surface area contributed by atoms with Crippen LogP contribution in [0.2, 0.25) is 0 Å². The Hall–Kier alpha value is -1.97. The van der Waals surface area contributed by atoms with Gasteiger partial charge in [-0.25, -0.2) is 0 Å². The highest BCUT2D eigenvalue weighted by molar-refractivity contribution is 6.00. The minimum absolute atomic E-state index is 0.160. The molecule has 0 aromatic heterocycles. The number of Topliss-reactive ketones (excluding diaryl/α,β-unsaturated/α-hetero) is 1. The fourth-order valence-corrected chi connectivity index (χ4v) is 2.87. The van der Waals surface area contributed by atoms with E-state index in [1.165, 1.54) is 5.56 Å². The summed E-state index contributed by atoms with van der Waals surface area (Å²) in [5.41, 5.74) is 2.99. The zero-order chi connectivity index (χ0) is 15.4. The van der Waals surface area contributed by atoms with Crippen molar-refractivity contribution in [3.63, 3.8) is 0 Å². The molecular formula is C19H21NO2. The van der Waals surface area contributed by atoms with E-state index in [-0.39, 0.29) is 11.8 Å². The molecule has 1 aliphatic heterocycles. The Morgan fingerprint density at radius 1 is 1.00 bits per heavy atom. The first-order valence-corrected chi connectivity index (χ1v) is 7.73. The lowest BCUT2D eigenvalue weighted by atomic mass is 9.95. The molecule has 1 atom stereocenters. The molecule has 22 heavy (non-hydrogen) atoms. The van der Waals surface area contributed by atoms with Crippen LogP contribution in [0.4, 0.5) is 0 Å². The van der Waals surface area contributed by atoms with Crippen LogP contribution in [0, 0.1) is 6.92 Å². The molecule has 0 spiro atoms. The van der Waals surface area contributed by atoms with Gasteiger partial charge in [0, 0.05) is 18.7 Å². The van der Waals surface area contributed by atoms with Gasteiger partial charge in [0.15, 0.2) is 5.78 Å². The summed E-state index contributed by atoms with van der Waals surface area (Å²) in [5, 5.41) is 0. The molecule has 2 aromatic carbocycles. The number of hydrogen-bond donors (Lipinski definition) is 0. The first kappa shape index (κ1) is 14.9. The number of ether oxygens (including phenoxy) is 1. The smallest absolute Gasteiger partial charge is 0.184 e. The molecule has 1 aliphatic rings. The summed E-state index contributed by atoms with van der Waals surface area (Å²) in [5.74, 6) is 0.160. The number of ketones is 1. The van der Waals surface area contributed by atoms with E-state index in [4.69, 9.17) is 4.74 Å². The van der Waals surface area contributed by atoms with Gasteiger partial charge in [0.05, 0.1) is 19.3 Å². The van der Waals surface area contributed by atoms with Crippen LogP contribution < -0.4 is 0 Å². The van der Waals surface area contributed by atoms with E-state index in [1.807, 2.05) is 61.5 Å². The average molecular weight is 295 g/mol. The van der Waals surface area contributed by atoms with Gasteiger partial charge in [-0.1, -0.05) is 60.2 Å². The van der Waals surface area contributed by atoms with Gasteiger partial charge in [0.1, 0.15) is 0 Å². The van der Waals surface area contributed by atoms with Crippen molar-refractivity contribution in [2.45, 2.75) is 13.0 Å². The number of rotatable bonds is 4. The lowest BCUT2D eigenvalue weighted by Crippen LogP contribution is -2.42. The van der Waals surface area contributed by atoms with Gasteiger partial charge in [-0.2, -0.15) is 0 Å². The van der Waals surface area contributed by atoms with Gasteiger partial charge in [-0.15, -0.1) is 0 Å². The second-order valence-electron chi connectivity index (χ2n) is 5.69. The van der Waals surface area contributed by atoms with Crippen LogP contribution in [0.5, 0.6) is 0 Å². The quantitative estimate of drug-likeness (QED) is 0.811. The van der Waals surface area contributed by atoms with Crippen molar-refractivity contribution in [1.29, 1.82) is 0 Å². The second-order valence-corrected chi connectivity index (χ2v) is 5.69. The maximum atomic E-state index is 13.1. The molecule has 1 saturated heterocycles. The molecule has 0 N–H and O–H groups in total. The lowest BCUT2D eigenvalue weighted by molar-refractivity contribution is 0.0172. The summed E-state index contributed by atoms with van der Waals surface area (Å²) in [4.78, 5) is 15.3. The minimum atomic E-state index is -0.229. The molecule has 0 bridgehead atoms. The second kappa shape index (κ2) is 6.86. The molecule has 2 aromatic rings. The molecule has 0 saturated carbocycles. The van der Waals surface area contributed by atoms with E-state index >= 15 is 0 Å². The highest BCUT2D eigenvalue weighted by Crippen LogP contribution is 2.26. The Kier molecular flexibility index (Phi) is 4.66. The lowest BCUT2D eigenvalue weighted by Gasteiger charge is -2.33. The predicted molar refractivity (Wildman–Crippen MR) is 87.1 cm³/mol. The third-order valence-electron chi connectivity index (χ3n) is 4.11. The van der Waals surface area contributed by atoms with Gasteiger partial charge in [0.2, 0.25) is 0 Å². The number of morpholine rings is 1. The summed E-state index contributed by atoms with van der Waals surface area (Å²) >= 11 is 0. The summed E-state index contributed by atoms with van der Waals surface area (Å²) in [6, 6.07) is 17.6. The summed E-state index contributed by atoms with van der Waals surface area (Å²) < 4.78 is 5.43. The van der Waals surface area contributed by atoms with Crippen LogP contribution in [0.3, 0.4) is 0 Å². The highest BCUT2D eigenvalue weighted by Gasteiger charge is 2.29. The molecule has 1 unspecified atom stereocenters. The molecule has 1 heterocycles. The Morgan fingerprint density at radius 2 is 1.64 bits per heavy atom. The number of hydrogen-bond acceptors (Lipinski definition) is 3. The summed E-state index contributed by atoms with van der Waals surface area (Å²) in [6.07, 6.45) is 0. The van der Waals surface area contributed by atoms with Crippen molar-refractivity contribution in [2.75, 3.05) is 26.3 Å². The first-order chi connectivity index (χ1) is 10.8. The maximum absolute atomic E-state index is 13.1.